The molecule has 2 aromatic carbocycles. The highest BCUT2D eigenvalue weighted by molar-refractivity contribution is 7.89. The minimum atomic E-state index is -3.57. The summed E-state index contributed by atoms with van der Waals surface area (Å²) in [5.41, 5.74) is 3.60. The van der Waals surface area contributed by atoms with Crippen LogP contribution < -0.4 is 4.74 Å². The molecule has 0 unspecified atom stereocenters. The van der Waals surface area contributed by atoms with Gasteiger partial charge >= 0.3 is 0 Å². The maximum absolute atomic E-state index is 12.9. The number of sulfonamides is 1. The van der Waals surface area contributed by atoms with Crippen LogP contribution in [0.5, 0.6) is 5.75 Å². The summed E-state index contributed by atoms with van der Waals surface area (Å²) in [5.74, 6) is 0.726. The molecule has 0 aromatic heterocycles. The molecule has 1 fully saturated rings. The summed E-state index contributed by atoms with van der Waals surface area (Å²) in [4.78, 5) is 14.6. The smallest absolute Gasteiger partial charge is 0.243 e. The van der Waals surface area contributed by atoms with Gasteiger partial charge in [-0.15, -0.1) is 0 Å². The van der Waals surface area contributed by atoms with Crippen LogP contribution >= 0.6 is 0 Å². The first-order chi connectivity index (χ1) is 14.3. The molecule has 1 heterocycles. The zero-order chi connectivity index (χ0) is 21.7. The van der Waals surface area contributed by atoms with Crippen LogP contribution in [0.1, 0.15) is 30.0 Å². The predicted molar refractivity (Wildman–Crippen MR) is 117 cm³/mol. The molecule has 1 aliphatic heterocycles. The molecule has 0 saturated carbocycles. The van der Waals surface area contributed by atoms with E-state index in [1.165, 1.54) is 21.0 Å². The summed E-state index contributed by atoms with van der Waals surface area (Å²) in [7, 11) is -3.57. The second-order valence-corrected chi connectivity index (χ2v) is 9.56. The van der Waals surface area contributed by atoms with Crippen LogP contribution in [0.2, 0.25) is 0 Å². The van der Waals surface area contributed by atoms with Crippen LogP contribution in [-0.2, 0) is 21.2 Å². The molecule has 1 saturated heterocycles. The molecule has 1 aliphatic rings. The van der Waals surface area contributed by atoms with Gasteiger partial charge in [0.25, 0.3) is 0 Å². The van der Waals surface area contributed by atoms with E-state index in [2.05, 4.69) is 32.0 Å². The van der Waals surface area contributed by atoms with Crippen molar-refractivity contribution in [1.82, 2.24) is 9.21 Å². The van der Waals surface area contributed by atoms with Crippen LogP contribution in [0, 0.1) is 13.8 Å². The number of carbonyl (C=O) groups is 1. The predicted octanol–water partition coefficient (Wildman–Crippen LogP) is 3.17. The van der Waals surface area contributed by atoms with E-state index in [9.17, 15) is 13.2 Å². The van der Waals surface area contributed by atoms with Crippen LogP contribution in [0.15, 0.2) is 47.4 Å². The Balaban J connectivity index is 1.55. The van der Waals surface area contributed by atoms with Gasteiger partial charge < -0.3 is 9.64 Å². The van der Waals surface area contributed by atoms with Crippen LogP contribution in [-0.4, -0.2) is 56.3 Å². The van der Waals surface area contributed by atoms with Gasteiger partial charge in [-0.05, 0) is 62.6 Å². The lowest BCUT2D eigenvalue weighted by Crippen LogP contribution is -2.50. The third-order valence-electron chi connectivity index (χ3n) is 5.47. The van der Waals surface area contributed by atoms with Crippen molar-refractivity contribution in [3.8, 4) is 5.75 Å². The van der Waals surface area contributed by atoms with Crippen molar-refractivity contribution >= 4 is 15.9 Å². The normalized spacial score (nSPS) is 15.2. The Kier molecular flexibility index (Phi) is 7.15. The summed E-state index contributed by atoms with van der Waals surface area (Å²) in [6.45, 7) is 8.00. The molecule has 0 aliphatic carbocycles. The zero-order valence-electron chi connectivity index (χ0n) is 17.9. The third-order valence-corrected chi connectivity index (χ3v) is 7.38. The summed E-state index contributed by atoms with van der Waals surface area (Å²) >= 11 is 0. The van der Waals surface area contributed by atoms with E-state index in [1.807, 2.05) is 6.92 Å². The number of hydrogen-bond acceptors (Lipinski definition) is 4. The van der Waals surface area contributed by atoms with Gasteiger partial charge in [-0.3, -0.25) is 4.79 Å². The SMILES string of the molecule is CCOc1ccc(S(=O)(=O)N2CCN(C(=O)CCc3ccc(C)cc3C)CC2)cc1. The zero-order valence-corrected chi connectivity index (χ0v) is 18.7. The third kappa shape index (κ3) is 5.21. The minimum Gasteiger partial charge on any atom is -0.494 e. The summed E-state index contributed by atoms with van der Waals surface area (Å²) in [6.07, 6.45) is 1.14. The van der Waals surface area contributed by atoms with Gasteiger partial charge in [0.15, 0.2) is 0 Å². The Morgan fingerprint density at radius 1 is 1.00 bits per heavy atom. The number of piperazine rings is 1. The average Bonchev–Trinajstić information content (AvgIpc) is 2.73. The van der Waals surface area contributed by atoms with Crippen molar-refractivity contribution in [2.75, 3.05) is 32.8 Å². The molecule has 0 radical (unpaired) electrons. The standard InChI is InChI=1S/C23H30N2O4S/c1-4-29-21-8-10-22(11-9-21)30(27,28)25-15-13-24(14-16-25)23(26)12-7-20-6-5-18(2)17-19(20)3/h5-6,8-11,17H,4,7,12-16H2,1-3H3. The average molecular weight is 431 g/mol. The van der Waals surface area contributed by atoms with E-state index >= 15 is 0 Å². The molecule has 162 valence electrons. The maximum Gasteiger partial charge on any atom is 0.243 e. The van der Waals surface area contributed by atoms with Crippen molar-refractivity contribution in [1.29, 1.82) is 0 Å². The molecular formula is C23H30N2O4S. The van der Waals surface area contributed by atoms with E-state index < -0.39 is 10.0 Å². The number of carbonyl (C=O) groups excluding carboxylic acids is 1. The number of hydrogen-bond donors (Lipinski definition) is 0. The van der Waals surface area contributed by atoms with Gasteiger partial charge in [-0.1, -0.05) is 23.8 Å². The molecule has 0 bridgehead atoms. The molecule has 30 heavy (non-hydrogen) atoms. The van der Waals surface area contributed by atoms with Gasteiger partial charge in [-0.2, -0.15) is 4.31 Å². The number of amides is 1. The van der Waals surface area contributed by atoms with Crippen molar-refractivity contribution in [2.24, 2.45) is 0 Å². The second-order valence-electron chi connectivity index (χ2n) is 7.62. The van der Waals surface area contributed by atoms with Crippen LogP contribution in [0.3, 0.4) is 0 Å². The highest BCUT2D eigenvalue weighted by atomic mass is 32.2. The fraction of sp³-hybridized carbons (Fsp3) is 0.435. The van der Waals surface area contributed by atoms with Gasteiger partial charge in [0.1, 0.15) is 5.75 Å². The lowest BCUT2D eigenvalue weighted by atomic mass is 10.0. The van der Waals surface area contributed by atoms with Crippen molar-refractivity contribution < 1.29 is 17.9 Å². The monoisotopic (exact) mass is 430 g/mol. The fourth-order valence-electron chi connectivity index (χ4n) is 3.73. The Bertz CT molecular complexity index is 979. The van der Waals surface area contributed by atoms with Crippen molar-refractivity contribution in [3.05, 3.63) is 59.2 Å². The van der Waals surface area contributed by atoms with E-state index in [0.717, 1.165) is 0 Å². The maximum atomic E-state index is 12.9. The number of aryl methyl sites for hydroxylation is 3. The van der Waals surface area contributed by atoms with Gasteiger partial charge in [0, 0.05) is 32.6 Å². The van der Waals surface area contributed by atoms with Gasteiger partial charge in [0.2, 0.25) is 15.9 Å². The summed E-state index contributed by atoms with van der Waals surface area (Å²) in [5, 5.41) is 0. The van der Waals surface area contributed by atoms with Crippen molar-refractivity contribution in [2.45, 2.75) is 38.5 Å². The molecule has 7 heteroatoms. The largest absolute Gasteiger partial charge is 0.494 e. The summed E-state index contributed by atoms with van der Waals surface area (Å²) < 4.78 is 32.6. The Hall–Kier alpha value is -2.38. The highest BCUT2D eigenvalue weighted by Crippen LogP contribution is 2.21. The number of rotatable bonds is 7. The van der Waals surface area contributed by atoms with Crippen LogP contribution in [0.25, 0.3) is 0 Å². The molecule has 6 nitrogen and oxygen atoms in total. The van der Waals surface area contributed by atoms with Crippen molar-refractivity contribution in [3.63, 3.8) is 0 Å². The molecule has 0 spiro atoms. The van der Waals surface area contributed by atoms with Gasteiger partial charge in [-0.25, -0.2) is 8.42 Å². The Morgan fingerprint density at radius 2 is 1.67 bits per heavy atom. The minimum absolute atomic E-state index is 0.0769. The van der Waals surface area contributed by atoms with E-state index in [-0.39, 0.29) is 10.8 Å². The number of nitrogens with zero attached hydrogens (tertiary/aromatic N) is 2. The van der Waals surface area contributed by atoms with E-state index in [0.29, 0.717) is 51.4 Å². The second kappa shape index (κ2) is 9.62. The molecular weight excluding hydrogens is 400 g/mol. The lowest BCUT2D eigenvalue weighted by Gasteiger charge is -2.34. The van der Waals surface area contributed by atoms with Crippen LogP contribution in [0.4, 0.5) is 0 Å². The molecule has 3 rings (SSSR count). The highest BCUT2D eigenvalue weighted by Gasteiger charge is 2.30. The Labute approximate surface area is 179 Å². The Morgan fingerprint density at radius 3 is 2.27 bits per heavy atom. The topological polar surface area (TPSA) is 66.9 Å². The quantitative estimate of drug-likeness (QED) is 0.677. The number of ether oxygens (including phenoxy) is 1. The lowest BCUT2D eigenvalue weighted by molar-refractivity contribution is -0.132. The first kappa shape index (κ1) is 22.3. The fourth-order valence-corrected chi connectivity index (χ4v) is 5.15. The molecule has 1 amide bonds. The first-order valence-electron chi connectivity index (χ1n) is 10.4. The molecule has 2 aromatic rings. The summed E-state index contributed by atoms with van der Waals surface area (Å²) in [6, 6.07) is 12.8. The molecule has 0 N–H and O–H groups in total. The molecule has 0 atom stereocenters. The first-order valence-corrected chi connectivity index (χ1v) is 11.8. The van der Waals surface area contributed by atoms with E-state index in [1.54, 1.807) is 29.2 Å². The number of benzene rings is 2. The van der Waals surface area contributed by atoms with Gasteiger partial charge in [0.05, 0.1) is 11.5 Å². The van der Waals surface area contributed by atoms with E-state index in [4.69, 9.17) is 4.74 Å².